The van der Waals surface area contributed by atoms with Gasteiger partial charge in [-0.05, 0) is 44.5 Å². The summed E-state index contributed by atoms with van der Waals surface area (Å²) in [6, 6.07) is 7.20. The first-order valence-electron chi connectivity index (χ1n) is 7.21. The van der Waals surface area contributed by atoms with E-state index < -0.39 is 0 Å². The second kappa shape index (κ2) is 5.37. The minimum absolute atomic E-state index is 0.141. The molecule has 2 fully saturated rings. The van der Waals surface area contributed by atoms with E-state index in [1.807, 2.05) is 12.1 Å². The number of nitrogens with zero attached hydrogens (tertiary/aromatic N) is 2. The van der Waals surface area contributed by atoms with Gasteiger partial charge in [-0.3, -0.25) is 10.3 Å². The second-order valence-corrected chi connectivity index (χ2v) is 6.78. The summed E-state index contributed by atoms with van der Waals surface area (Å²) in [4.78, 5) is 5.03. The van der Waals surface area contributed by atoms with Crippen LogP contribution >= 0.6 is 15.9 Å². The number of nitrogens with one attached hydrogen (secondary N) is 1. The fourth-order valence-electron chi connectivity index (χ4n) is 3.50. The lowest BCUT2D eigenvalue weighted by Gasteiger charge is -2.44. The number of rotatable bonds is 2. The molecule has 0 aliphatic carbocycles. The third kappa shape index (κ3) is 2.44. The minimum Gasteiger partial charge on any atom is -0.384 e. The quantitative estimate of drug-likeness (QED) is 0.644. The van der Waals surface area contributed by atoms with E-state index in [0.717, 1.165) is 28.8 Å². The number of nitrogens with two attached hydrogens (primary N) is 1. The standard InChI is InChI=1S/C15H21BrN4/c1-10-8-19-6-2-3-12(19)9-20(10)14-5-4-11(16)7-13(14)15(17)18/h4-5,7,10,12H,2-3,6,8-9H2,1H3,(H3,17,18). The molecule has 3 N–H and O–H groups in total. The predicted molar refractivity (Wildman–Crippen MR) is 86.6 cm³/mol. The number of benzene rings is 1. The third-order valence-corrected chi connectivity index (χ3v) is 4.99. The molecule has 0 saturated carbocycles. The van der Waals surface area contributed by atoms with Crippen molar-refractivity contribution in [1.29, 1.82) is 5.41 Å². The van der Waals surface area contributed by atoms with E-state index in [1.165, 1.54) is 19.4 Å². The Bertz CT molecular complexity index is 531. The largest absolute Gasteiger partial charge is 0.384 e. The Labute approximate surface area is 128 Å². The molecular weight excluding hydrogens is 316 g/mol. The Kier molecular flexibility index (Phi) is 3.73. The number of fused-ring (bicyclic) bond motifs is 1. The smallest absolute Gasteiger partial charge is 0.124 e. The van der Waals surface area contributed by atoms with Gasteiger partial charge in [0.2, 0.25) is 0 Å². The van der Waals surface area contributed by atoms with Crippen LogP contribution in [0.3, 0.4) is 0 Å². The Morgan fingerprint density at radius 3 is 2.95 bits per heavy atom. The molecule has 2 aliphatic heterocycles. The molecule has 2 heterocycles. The van der Waals surface area contributed by atoms with Gasteiger partial charge in [-0.1, -0.05) is 15.9 Å². The zero-order valence-corrected chi connectivity index (χ0v) is 13.4. The average Bonchev–Trinajstić information content (AvgIpc) is 2.85. The number of hydrogen-bond donors (Lipinski definition) is 2. The molecule has 0 aromatic heterocycles. The molecule has 0 amide bonds. The summed E-state index contributed by atoms with van der Waals surface area (Å²) >= 11 is 3.47. The highest BCUT2D eigenvalue weighted by Crippen LogP contribution is 2.31. The lowest BCUT2D eigenvalue weighted by atomic mass is 10.0. The van der Waals surface area contributed by atoms with Gasteiger partial charge < -0.3 is 10.6 Å². The van der Waals surface area contributed by atoms with E-state index in [4.69, 9.17) is 11.1 Å². The van der Waals surface area contributed by atoms with Crippen LogP contribution in [0.15, 0.2) is 22.7 Å². The Morgan fingerprint density at radius 2 is 2.20 bits per heavy atom. The zero-order valence-electron chi connectivity index (χ0n) is 11.8. The van der Waals surface area contributed by atoms with Crippen molar-refractivity contribution in [2.24, 2.45) is 5.73 Å². The van der Waals surface area contributed by atoms with E-state index in [-0.39, 0.29) is 5.84 Å². The van der Waals surface area contributed by atoms with Crippen molar-refractivity contribution in [3.8, 4) is 0 Å². The van der Waals surface area contributed by atoms with Crippen LogP contribution < -0.4 is 10.6 Å². The lowest BCUT2D eigenvalue weighted by Crippen LogP contribution is -2.55. The number of amidine groups is 1. The molecule has 2 atom stereocenters. The monoisotopic (exact) mass is 336 g/mol. The molecule has 20 heavy (non-hydrogen) atoms. The molecule has 4 nitrogen and oxygen atoms in total. The van der Waals surface area contributed by atoms with E-state index in [2.05, 4.69) is 38.7 Å². The maximum Gasteiger partial charge on any atom is 0.124 e. The van der Waals surface area contributed by atoms with Crippen molar-refractivity contribution in [1.82, 2.24) is 4.90 Å². The highest BCUT2D eigenvalue weighted by Gasteiger charge is 2.35. The Balaban J connectivity index is 1.93. The maximum atomic E-state index is 7.82. The Morgan fingerprint density at radius 1 is 1.40 bits per heavy atom. The second-order valence-electron chi connectivity index (χ2n) is 5.87. The van der Waals surface area contributed by atoms with Gasteiger partial charge in [0.25, 0.3) is 0 Å². The van der Waals surface area contributed by atoms with E-state index in [9.17, 15) is 0 Å². The summed E-state index contributed by atoms with van der Waals surface area (Å²) in [5.41, 5.74) is 7.70. The van der Waals surface area contributed by atoms with Crippen LogP contribution in [0, 0.1) is 5.41 Å². The van der Waals surface area contributed by atoms with E-state index in [0.29, 0.717) is 12.1 Å². The van der Waals surface area contributed by atoms with Crippen LogP contribution in [0.25, 0.3) is 0 Å². The number of halogens is 1. The molecule has 2 saturated heterocycles. The number of piperazine rings is 1. The number of nitrogen functional groups attached to an aromatic ring is 1. The molecule has 3 rings (SSSR count). The fourth-order valence-corrected chi connectivity index (χ4v) is 3.86. The molecule has 2 aliphatic rings. The molecule has 0 bridgehead atoms. The number of anilines is 1. The highest BCUT2D eigenvalue weighted by molar-refractivity contribution is 9.10. The van der Waals surface area contributed by atoms with Gasteiger partial charge in [-0.2, -0.15) is 0 Å². The van der Waals surface area contributed by atoms with Gasteiger partial charge in [0, 0.05) is 40.9 Å². The first-order valence-corrected chi connectivity index (χ1v) is 8.00. The molecule has 1 aromatic rings. The summed E-state index contributed by atoms with van der Waals surface area (Å²) in [6.07, 6.45) is 2.60. The first kappa shape index (κ1) is 13.9. The van der Waals surface area contributed by atoms with Crippen molar-refractivity contribution in [3.05, 3.63) is 28.2 Å². The molecule has 108 valence electrons. The highest BCUT2D eigenvalue weighted by atomic mass is 79.9. The summed E-state index contributed by atoms with van der Waals surface area (Å²) in [7, 11) is 0. The van der Waals surface area contributed by atoms with Crippen LogP contribution in [0.5, 0.6) is 0 Å². The van der Waals surface area contributed by atoms with Crippen LogP contribution in [0.1, 0.15) is 25.3 Å². The average molecular weight is 337 g/mol. The topological polar surface area (TPSA) is 56.4 Å². The van der Waals surface area contributed by atoms with Gasteiger partial charge in [-0.15, -0.1) is 0 Å². The van der Waals surface area contributed by atoms with Crippen LogP contribution in [0.2, 0.25) is 0 Å². The number of hydrogen-bond acceptors (Lipinski definition) is 3. The molecular formula is C15H21BrN4. The molecule has 0 radical (unpaired) electrons. The molecule has 0 spiro atoms. The van der Waals surface area contributed by atoms with Crippen LogP contribution in [-0.2, 0) is 0 Å². The fraction of sp³-hybridized carbons (Fsp3) is 0.533. The lowest BCUT2D eigenvalue weighted by molar-refractivity contribution is 0.203. The van der Waals surface area contributed by atoms with Crippen molar-refractivity contribution < 1.29 is 0 Å². The van der Waals surface area contributed by atoms with Crippen molar-refractivity contribution in [3.63, 3.8) is 0 Å². The first-order chi connectivity index (χ1) is 9.56. The van der Waals surface area contributed by atoms with Crippen molar-refractivity contribution in [2.45, 2.75) is 31.8 Å². The summed E-state index contributed by atoms with van der Waals surface area (Å²) in [6.45, 7) is 5.66. The SMILES string of the molecule is CC1CN2CCCC2CN1c1ccc(Br)cc1C(=N)N. The minimum atomic E-state index is 0.141. The van der Waals surface area contributed by atoms with E-state index in [1.54, 1.807) is 0 Å². The van der Waals surface area contributed by atoms with E-state index >= 15 is 0 Å². The van der Waals surface area contributed by atoms with Gasteiger partial charge in [0.15, 0.2) is 0 Å². The maximum absolute atomic E-state index is 7.82. The molecule has 1 aromatic carbocycles. The van der Waals surface area contributed by atoms with Gasteiger partial charge in [0.1, 0.15) is 5.84 Å². The summed E-state index contributed by atoms with van der Waals surface area (Å²) < 4.78 is 0.971. The summed E-state index contributed by atoms with van der Waals surface area (Å²) in [5.74, 6) is 0.141. The normalized spacial score (nSPS) is 26.6. The van der Waals surface area contributed by atoms with Gasteiger partial charge >= 0.3 is 0 Å². The zero-order chi connectivity index (χ0) is 14.3. The molecule has 2 unspecified atom stereocenters. The predicted octanol–water partition coefficient (Wildman–Crippen LogP) is 2.41. The van der Waals surface area contributed by atoms with Crippen molar-refractivity contribution in [2.75, 3.05) is 24.5 Å². The third-order valence-electron chi connectivity index (χ3n) is 4.50. The Hall–Kier alpha value is -1.07. The molecule has 5 heteroatoms. The van der Waals surface area contributed by atoms with Crippen LogP contribution in [0.4, 0.5) is 5.69 Å². The van der Waals surface area contributed by atoms with Gasteiger partial charge in [0.05, 0.1) is 0 Å². The summed E-state index contributed by atoms with van der Waals surface area (Å²) in [5, 5.41) is 7.82. The van der Waals surface area contributed by atoms with Crippen molar-refractivity contribution >= 4 is 27.5 Å². The van der Waals surface area contributed by atoms with Gasteiger partial charge in [-0.25, -0.2) is 0 Å². The van der Waals surface area contributed by atoms with Crippen LogP contribution in [-0.4, -0.2) is 42.5 Å².